The molecule has 2 N–H and O–H groups in total. The molecule has 2 aromatic carbocycles. The van der Waals surface area contributed by atoms with Gasteiger partial charge in [0.2, 0.25) is 5.95 Å². The Morgan fingerprint density at radius 3 is 2.08 bits per heavy atom. The van der Waals surface area contributed by atoms with Gasteiger partial charge in [0.25, 0.3) is 0 Å². The third-order valence-corrected chi connectivity index (χ3v) is 3.65. The van der Waals surface area contributed by atoms with E-state index >= 15 is 0 Å². The predicted molar refractivity (Wildman–Crippen MR) is 94.4 cm³/mol. The molecule has 0 aliphatic rings. The molecule has 6 heteroatoms. The largest absolute Gasteiger partial charge is 0.370 e. The Bertz CT molecular complexity index is 804. The SMILES string of the molecule is Fc1ccc(CCNc2ccnc(NCc3ccc(F)cc3)n2)cc1. The zero-order valence-corrected chi connectivity index (χ0v) is 13.5. The van der Waals surface area contributed by atoms with Crippen molar-refractivity contribution in [1.29, 1.82) is 0 Å². The summed E-state index contributed by atoms with van der Waals surface area (Å²) in [4.78, 5) is 8.55. The van der Waals surface area contributed by atoms with Gasteiger partial charge >= 0.3 is 0 Å². The van der Waals surface area contributed by atoms with Crippen molar-refractivity contribution in [3.63, 3.8) is 0 Å². The van der Waals surface area contributed by atoms with E-state index in [4.69, 9.17) is 0 Å². The summed E-state index contributed by atoms with van der Waals surface area (Å²) in [5.74, 6) is 0.714. The number of nitrogens with one attached hydrogen (secondary N) is 2. The van der Waals surface area contributed by atoms with E-state index in [0.717, 1.165) is 17.5 Å². The molecule has 0 atom stereocenters. The number of benzene rings is 2. The normalized spacial score (nSPS) is 10.5. The molecule has 0 aliphatic heterocycles. The van der Waals surface area contributed by atoms with Gasteiger partial charge in [0, 0.05) is 19.3 Å². The number of halogens is 2. The standard InChI is InChI=1S/C19H18F2N4/c20-16-5-1-14(2-6-16)9-11-22-18-10-12-23-19(25-18)24-13-15-3-7-17(21)8-4-15/h1-8,10,12H,9,11,13H2,(H2,22,23,24,25). The number of rotatable bonds is 7. The van der Waals surface area contributed by atoms with Gasteiger partial charge in [-0.3, -0.25) is 0 Å². The van der Waals surface area contributed by atoms with E-state index in [1.54, 1.807) is 36.5 Å². The number of hydrogen-bond acceptors (Lipinski definition) is 4. The highest BCUT2D eigenvalue weighted by atomic mass is 19.1. The maximum atomic E-state index is 12.9. The topological polar surface area (TPSA) is 49.8 Å². The van der Waals surface area contributed by atoms with Crippen LogP contribution in [0, 0.1) is 11.6 Å². The highest BCUT2D eigenvalue weighted by Gasteiger charge is 2.01. The Kier molecular flexibility index (Phi) is 5.51. The van der Waals surface area contributed by atoms with E-state index in [1.807, 2.05) is 0 Å². The van der Waals surface area contributed by atoms with Gasteiger partial charge in [-0.1, -0.05) is 24.3 Å². The average Bonchev–Trinajstić information content (AvgIpc) is 2.63. The van der Waals surface area contributed by atoms with Gasteiger partial charge in [0.05, 0.1) is 0 Å². The van der Waals surface area contributed by atoms with Crippen LogP contribution in [-0.4, -0.2) is 16.5 Å². The third kappa shape index (κ3) is 5.24. The Labute approximate surface area is 145 Å². The minimum Gasteiger partial charge on any atom is -0.370 e. The average molecular weight is 340 g/mol. The first-order chi connectivity index (χ1) is 12.2. The summed E-state index contributed by atoms with van der Waals surface area (Å²) < 4.78 is 25.8. The lowest BCUT2D eigenvalue weighted by Crippen LogP contribution is -2.09. The highest BCUT2D eigenvalue weighted by Crippen LogP contribution is 2.09. The quantitative estimate of drug-likeness (QED) is 0.682. The van der Waals surface area contributed by atoms with Gasteiger partial charge in [0.15, 0.2) is 0 Å². The monoisotopic (exact) mass is 340 g/mol. The van der Waals surface area contributed by atoms with Crippen molar-refractivity contribution in [1.82, 2.24) is 9.97 Å². The molecule has 0 amide bonds. The molecule has 0 saturated carbocycles. The fourth-order valence-electron chi connectivity index (χ4n) is 2.31. The summed E-state index contributed by atoms with van der Waals surface area (Å²) in [5, 5.41) is 6.33. The number of hydrogen-bond donors (Lipinski definition) is 2. The second-order valence-electron chi connectivity index (χ2n) is 5.55. The molecule has 4 nitrogen and oxygen atoms in total. The molecule has 3 aromatic rings. The molecule has 1 heterocycles. The Balaban J connectivity index is 1.50. The van der Waals surface area contributed by atoms with Crippen LogP contribution >= 0.6 is 0 Å². The Morgan fingerprint density at radius 2 is 1.40 bits per heavy atom. The van der Waals surface area contributed by atoms with Gasteiger partial charge in [-0.05, 0) is 47.9 Å². The van der Waals surface area contributed by atoms with E-state index in [0.29, 0.717) is 24.9 Å². The van der Waals surface area contributed by atoms with Gasteiger partial charge in [-0.2, -0.15) is 4.98 Å². The number of aromatic nitrogens is 2. The van der Waals surface area contributed by atoms with Crippen LogP contribution in [-0.2, 0) is 13.0 Å². The molecule has 0 spiro atoms. The van der Waals surface area contributed by atoms with Crippen molar-refractivity contribution in [3.05, 3.63) is 83.6 Å². The van der Waals surface area contributed by atoms with Gasteiger partial charge < -0.3 is 10.6 Å². The van der Waals surface area contributed by atoms with Crippen LogP contribution in [0.25, 0.3) is 0 Å². The van der Waals surface area contributed by atoms with E-state index in [1.165, 1.54) is 24.3 Å². The number of nitrogens with zero attached hydrogens (tertiary/aromatic N) is 2. The molecule has 1 aromatic heterocycles. The molecule has 25 heavy (non-hydrogen) atoms. The van der Waals surface area contributed by atoms with Crippen molar-refractivity contribution in [2.45, 2.75) is 13.0 Å². The fraction of sp³-hybridized carbons (Fsp3) is 0.158. The molecular weight excluding hydrogens is 322 g/mol. The Morgan fingerprint density at radius 1 is 0.760 bits per heavy atom. The summed E-state index contributed by atoms with van der Waals surface area (Å²) in [6.07, 6.45) is 2.43. The van der Waals surface area contributed by atoms with Crippen LogP contribution in [0.3, 0.4) is 0 Å². The van der Waals surface area contributed by atoms with Crippen LogP contribution < -0.4 is 10.6 Å². The summed E-state index contributed by atoms with van der Waals surface area (Å²) in [6, 6.07) is 14.5. The highest BCUT2D eigenvalue weighted by molar-refractivity contribution is 5.40. The fourth-order valence-corrected chi connectivity index (χ4v) is 2.31. The van der Waals surface area contributed by atoms with Crippen molar-refractivity contribution in [2.24, 2.45) is 0 Å². The lowest BCUT2D eigenvalue weighted by atomic mass is 10.1. The molecule has 0 unspecified atom stereocenters. The first kappa shape index (κ1) is 16.8. The van der Waals surface area contributed by atoms with E-state index in [-0.39, 0.29) is 11.6 Å². The van der Waals surface area contributed by atoms with Crippen LogP contribution in [0.2, 0.25) is 0 Å². The third-order valence-electron chi connectivity index (χ3n) is 3.65. The summed E-state index contributed by atoms with van der Waals surface area (Å²) in [6.45, 7) is 1.19. The summed E-state index contributed by atoms with van der Waals surface area (Å²) >= 11 is 0. The van der Waals surface area contributed by atoms with Gasteiger partial charge in [-0.15, -0.1) is 0 Å². The van der Waals surface area contributed by atoms with Crippen LogP contribution in [0.1, 0.15) is 11.1 Å². The molecule has 128 valence electrons. The van der Waals surface area contributed by atoms with Crippen molar-refractivity contribution in [3.8, 4) is 0 Å². The zero-order valence-electron chi connectivity index (χ0n) is 13.5. The van der Waals surface area contributed by atoms with Crippen LogP contribution in [0.5, 0.6) is 0 Å². The predicted octanol–water partition coefficient (Wildman–Crippen LogP) is 4.02. The van der Waals surface area contributed by atoms with Crippen molar-refractivity contribution >= 4 is 11.8 Å². The zero-order chi connectivity index (χ0) is 17.5. The van der Waals surface area contributed by atoms with Crippen LogP contribution in [0.4, 0.5) is 20.5 Å². The van der Waals surface area contributed by atoms with E-state index in [2.05, 4.69) is 20.6 Å². The maximum Gasteiger partial charge on any atom is 0.224 e. The molecule has 3 rings (SSSR count). The van der Waals surface area contributed by atoms with E-state index in [9.17, 15) is 8.78 Å². The molecule has 0 saturated heterocycles. The first-order valence-electron chi connectivity index (χ1n) is 7.99. The molecule has 0 bridgehead atoms. The first-order valence-corrected chi connectivity index (χ1v) is 7.99. The smallest absolute Gasteiger partial charge is 0.224 e. The van der Waals surface area contributed by atoms with Crippen molar-refractivity contribution in [2.75, 3.05) is 17.2 Å². The second-order valence-corrected chi connectivity index (χ2v) is 5.55. The Hall–Kier alpha value is -3.02. The minimum atomic E-state index is -0.257. The van der Waals surface area contributed by atoms with E-state index < -0.39 is 0 Å². The number of anilines is 2. The lowest BCUT2D eigenvalue weighted by Gasteiger charge is -2.08. The molecule has 0 fully saturated rings. The molecule has 0 radical (unpaired) electrons. The lowest BCUT2D eigenvalue weighted by molar-refractivity contribution is 0.626. The van der Waals surface area contributed by atoms with Crippen molar-refractivity contribution < 1.29 is 8.78 Å². The van der Waals surface area contributed by atoms with Crippen LogP contribution in [0.15, 0.2) is 60.8 Å². The molecule has 0 aliphatic carbocycles. The summed E-state index contributed by atoms with van der Waals surface area (Å²) in [7, 11) is 0. The van der Waals surface area contributed by atoms with Gasteiger partial charge in [0.1, 0.15) is 17.5 Å². The summed E-state index contributed by atoms with van der Waals surface area (Å²) in [5.41, 5.74) is 2.00. The maximum absolute atomic E-state index is 12.9. The minimum absolute atomic E-state index is 0.232. The van der Waals surface area contributed by atoms with Gasteiger partial charge in [-0.25, -0.2) is 13.8 Å². The second kappa shape index (κ2) is 8.19. The molecular formula is C19H18F2N4.